The second kappa shape index (κ2) is 4.09. The molecule has 0 aliphatic heterocycles. The topological polar surface area (TPSA) is 57.2 Å². The van der Waals surface area contributed by atoms with E-state index in [2.05, 4.69) is 0 Å². The molecule has 0 atom stereocenters. The Morgan fingerprint density at radius 2 is 1.95 bits per heavy atom. The fraction of sp³-hybridized carbons (Fsp3) is 0.438. The highest BCUT2D eigenvalue weighted by molar-refractivity contribution is 5.91. The summed E-state index contributed by atoms with van der Waals surface area (Å²) in [7, 11) is 0. The molecule has 0 spiro atoms. The number of nitrogens with two attached hydrogens (primary N) is 1. The van der Waals surface area contributed by atoms with Crippen molar-refractivity contribution >= 4 is 17.0 Å². The predicted octanol–water partition coefficient (Wildman–Crippen LogP) is 3.37. The van der Waals surface area contributed by atoms with E-state index in [9.17, 15) is 4.79 Å². The summed E-state index contributed by atoms with van der Waals surface area (Å²) in [6.07, 6.45) is 1.46. The van der Waals surface area contributed by atoms with Crippen molar-refractivity contribution < 1.29 is 9.53 Å². The SMILES string of the molecule is CC(C)(C)OC(=O)n1c(C2(N)CC2)cc2ccccc21. The largest absolute Gasteiger partial charge is 0.443 e. The number of hydrogen-bond acceptors (Lipinski definition) is 3. The number of rotatable bonds is 1. The summed E-state index contributed by atoms with van der Waals surface area (Å²) >= 11 is 0. The molecule has 106 valence electrons. The molecule has 4 heteroatoms. The Kier molecular flexibility index (Phi) is 2.70. The van der Waals surface area contributed by atoms with Crippen molar-refractivity contribution in [1.82, 2.24) is 4.57 Å². The van der Waals surface area contributed by atoms with Crippen LogP contribution in [0.1, 0.15) is 39.3 Å². The van der Waals surface area contributed by atoms with Crippen LogP contribution in [-0.4, -0.2) is 16.3 Å². The van der Waals surface area contributed by atoms with Crippen molar-refractivity contribution in [2.24, 2.45) is 5.73 Å². The lowest BCUT2D eigenvalue weighted by atomic mass is 10.2. The van der Waals surface area contributed by atoms with Crippen LogP contribution in [-0.2, 0) is 10.3 Å². The monoisotopic (exact) mass is 272 g/mol. The van der Waals surface area contributed by atoms with Gasteiger partial charge in [-0.3, -0.25) is 0 Å². The highest BCUT2D eigenvalue weighted by Gasteiger charge is 2.44. The summed E-state index contributed by atoms with van der Waals surface area (Å²) in [6, 6.07) is 9.80. The fourth-order valence-electron chi connectivity index (χ4n) is 2.42. The van der Waals surface area contributed by atoms with Crippen molar-refractivity contribution in [2.75, 3.05) is 0 Å². The Morgan fingerprint density at radius 1 is 1.30 bits per heavy atom. The molecule has 0 saturated heterocycles. The average Bonchev–Trinajstić information content (AvgIpc) is 2.96. The van der Waals surface area contributed by atoms with Gasteiger partial charge in [0.25, 0.3) is 0 Å². The van der Waals surface area contributed by atoms with Gasteiger partial charge in [-0.15, -0.1) is 0 Å². The molecule has 1 aliphatic carbocycles. The molecular weight excluding hydrogens is 252 g/mol. The third-order valence-corrected chi connectivity index (χ3v) is 3.59. The Labute approximate surface area is 118 Å². The van der Waals surface area contributed by atoms with E-state index >= 15 is 0 Å². The van der Waals surface area contributed by atoms with Crippen LogP contribution in [0.5, 0.6) is 0 Å². The van der Waals surface area contributed by atoms with Gasteiger partial charge in [0.15, 0.2) is 0 Å². The first-order chi connectivity index (χ1) is 9.30. The third-order valence-electron chi connectivity index (χ3n) is 3.59. The molecule has 1 saturated carbocycles. The number of aromatic nitrogens is 1. The van der Waals surface area contributed by atoms with Gasteiger partial charge in [0.05, 0.1) is 16.7 Å². The van der Waals surface area contributed by atoms with Gasteiger partial charge in [-0.25, -0.2) is 9.36 Å². The number of benzene rings is 1. The van der Waals surface area contributed by atoms with Crippen LogP contribution < -0.4 is 5.73 Å². The highest BCUT2D eigenvalue weighted by Crippen LogP contribution is 2.44. The van der Waals surface area contributed by atoms with E-state index in [1.165, 1.54) is 0 Å². The second-order valence-electron chi connectivity index (χ2n) is 6.56. The van der Waals surface area contributed by atoms with Gasteiger partial charge in [-0.05, 0) is 45.7 Å². The Morgan fingerprint density at radius 3 is 2.55 bits per heavy atom. The smallest absolute Gasteiger partial charge is 0.419 e. The summed E-state index contributed by atoms with van der Waals surface area (Å²) < 4.78 is 7.15. The Balaban J connectivity index is 2.14. The summed E-state index contributed by atoms with van der Waals surface area (Å²) in [6.45, 7) is 5.60. The lowest BCUT2D eigenvalue weighted by Gasteiger charge is -2.22. The number of carbonyl (C=O) groups excluding carboxylic acids is 1. The van der Waals surface area contributed by atoms with E-state index in [-0.39, 0.29) is 11.6 Å². The maximum absolute atomic E-state index is 12.5. The molecule has 0 amide bonds. The maximum Gasteiger partial charge on any atom is 0.419 e. The van der Waals surface area contributed by atoms with Crippen molar-refractivity contribution in [3.63, 3.8) is 0 Å². The summed E-state index contributed by atoms with van der Waals surface area (Å²) in [4.78, 5) is 12.5. The molecule has 1 aliphatic rings. The lowest BCUT2D eigenvalue weighted by molar-refractivity contribution is 0.0537. The normalized spacial score (nSPS) is 17.2. The Bertz CT molecular complexity index is 675. The number of para-hydroxylation sites is 1. The van der Waals surface area contributed by atoms with Gasteiger partial charge < -0.3 is 10.5 Å². The third kappa shape index (κ3) is 2.20. The van der Waals surface area contributed by atoms with Gasteiger partial charge in [0.1, 0.15) is 5.60 Å². The van der Waals surface area contributed by atoms with Crippen LogP contribution in [0.15, 0.2) is 30.3 Å². The molecule has 1 aromatic carbocycles. The predicted molar refractivity (Wildman–Crippen MR) is 78.7 cm³/mol. The minimum absolute atomic E-state index is 0.356. The molecule has 2 aromatic rings. The van der Waals surface area contributed by atoms with Gasteiger partial charge in [-0.1, -0.05) is 18.2 Å². The molecule has 1 heterocycles. The number of fused-ring (bicyclic) bond motifs is 1. The van der Waals surface area contributed by atoms with E-state index in [1.807, 2.05) is 51.1 Å². The summed E-state index contributed by atoms with van der Waals surface area (Å²) in [5.41, 5.74) is 7.11. The van der Waals surface area contributed by atoms with Crippen LogP contribution in [0.4, 0.5) is 4.79 Å². The zero-order valence-corrected chi connectivity index (χ0v) is 12.1. The van der Waals surface area contributed by atoms with Crippen LogP contribution >= 0.6 is 0 Å². The van der Waals surface area contributed by atoms with E-state index in [0.717, 1.165) is 29.4 Å². The first kappa shape index (κ1) is 13.2. The average molecular weight is 272 g/mol. The lowest BCUT2D eigenvalue weighted by Crippen LogP contribution is -2.31. The van der Waals surface area contributed by atoms with Crippen molar-refractivity contribution in [3.05, 3.63) is 36.0 Å². The van der Waals surface area contributed by atoms with Crippen molar-refractivity contribution in [1.29, 1.82) is 0 Å². The van der Waals surface area contributed by atoms with E-state index < -0.39 is 5.60 Å². The first-order valence-electron chi connectivity index (χ1n) is 6.93. The molecule has 0 unspecified atom stereocenters. The van der Waals surface area contributed by atoms with E-state index in [1.54, 1.807) is 4.57 Å². The molecule has 20 heavy (non-hydrogen) atoms. The minimum Gasteiger partial charge on any atom is -0.443 e. The van der Waals surface area contributed by atoms with Gasteiger partial charge >= 0.3 is 6.09 Å². The first-order valence-corrected chi connectivity index (χ1v) is 6.93. The summed E-state index contributed by atoms with van der Waals surface area (Å²) in [5.74, 6) is 0. The van der Waals surface area contributed by atoms with Gasteiger partial charge in [-0.2, -0.15) is 0 Å². The highest BCUT2D eigenvalue weighted by atomic mass is 16.6. The zero-order valence-electron chi connectivity index (χ0n) is 12.1. The minimum atomic E-state index is -0.523. The van der Waals surface area contributed by atoms with E-state index in [0.29, 0.717) is 0 Å². The molecule has 0 radical (unpaired) electrons. The van der Waals surface area contributed by atoms with Gasteiger partial charge in [0, 0.05) is 5.39 Å². The van der Waals surface area contributed by atoms with E-state index in [4.69, 9.17) is 10.5 Å². The van der Waals surface area contributed by atoms with Crippen LogP contribution in [0.25, 0.3) is 10.9 Å². The van der Waals surface area contributed by atoms with Crippen molar-refractivity contribution in [2.45, 2.75) is 44.8 Å². The second-order valence-corrected chi connectivity index (χ2v) is 6.56. The van der Waals surface area contributed by atoms with Gasteiger partial charge in [0.2, 0.25) is 0 Å². The van der Waals surface area contributed by atoms with Crippen LogP contribution in [0.2, 0.25) is 0 Å². The number of hydrogen-bond donors (Lipinski definition) is 1. The molecule has 1 aromatic heterocycles. The quantitative estimate of drug-likeness (QED) is 0.865. The molecule has 4 nitrogen and oxygen atoms in total. The standard InChI is InChI=1S/C16H20N2O2/c1-15(2,3)20-14(19)18-12-7-5-4-6-11(12)10-13(18)16(17)8-9-16/h4-7,10H,8-9,17H2,1-3H3. The number of carbonyl (C=O) groups is 1. The maximum atomic E-state index is 12.5. The van der Waals surface area contributed by atoms with Crippen LogP contribution in [0.3, 0.4) is 0 Å². The number of ether oxygens (including phenoxy) is 1. The molecule has 1 fully saturated rings. The Hall–Kier alpha value is -1.81. The molecule has 0 bridgehead atoms. The van der Waals surface area contributed by atoms with Crippen molar-refractivity contribution in [3.8, 4) is 0 Å². The zero-order chi connectivity index (χ0) is 14.5. The number of nitrogens with zero attached hydrogens (tertiary/aromatic N) is 1. The molecule has 2 N–H and O–H groups in total. The molecule has 3 rings (SSSR count). The summed E-state index contributed by atoms with van der Waals surface area (Å²) in [5, 5.41) is 1.02. The molecular formula is C16H20N2O2. The van der Waals surface area contributed by atoms with Crippen LogP contribution in [0, 0.1) is 0 Å². The fourth-order valence-corrected chi connectivity index (χ4v) is 2.42.